The molecule has 8 heteroatoms. The first-order valence-electron chi connectivity index (χ1n) is 9.61. The zero-order valence-electron chi connectivity index (χ0n) is 17.3. The van der Waals surface area contributed by atoms with Gasteiger partial charge in [-0.1, -0.05) is 0 Å². The molecule has 7 nitrogen and oxygen atoms in total. The lowest BCUT2D eigenvalue weighted by atomic mass is 10.2. The van der Waals surface area contributed by atoms with E-state index < -0.39 is 0 Å². The molecule has 0 unspecified atom stereocenters. The number of halogens is 1. The van der Waals surface area contributed by atoms with Crippen molar-refractivity contribution in [3.8, 4) is 17.4 Å². The van der Waals surface area contributed by atoms with Crippen LogP contribution in [0.15, 0.2) is 60.9 Å². The van der Waals surface area contributed by atoms with Crippen molar-refractivity contribution in [3.63, 3.8) is 0 Å². The van der Waals surface area contributed by atoms with E-state index in [4.69, 9.17) is 4.74 Å². The number of hydrogen-bond acceptors (Lipinski definition) is 5. The lowest BCUT2D eigenvalue weighted by molar-refractivity contribution is 0.102. The molecule has 2 aromatic heterocycles. The second-order valence-corrected chi connectivity index (χ2v) is 7.01. The third-order valence-corrected chi connectivity index (χ3v) is 4.94. The van der Waals surface area contributed by atoms with E-state index in [1.165, 1.54) is 30.6 Å². The van der Waals surface area contributed by atoms with Crippen molar-refractivity contribution in [1.82, 2.24) is 19.7 Å². The summed E-state index contributed by atoms with van der Waals surface area (Å²) in [6.07, 6.45) is 1.42. The van der Waals surface area contributed by atoms with E-state index in [2.05, 4.69) is 20.4 Å². The van der Waals surface area contributed by atoms with E-state index in [-0.39, 0.29) is 11.7 Å². The minimum absolute atomic E-state index is 0.325. The van der Waals surface area contributed by atoms with Gasteiger partial charge in [0.05, 0.1) is 5.69 Å². The maximum atomic E-state index is 13.0. The number of amides is 1. The second kappa shape index (κ2) is 8.35. The molecule has 0 saturated carbocycles. The average molecular weight is 417 g/mol. The number of aromatic nitrogens is 4. The summed E-state index contributed by atoms with van der Waals surface area (Å²) in [5.41, 5.74) is 4.01. The highest BCUT2D eigenvalue weighted by Crippen LogP contribution is 2.23. The number of carbonyl (C=O) groups is 1. The molecular formula is C23H20FN5O2. The Kier molecular flexibility index (Phi) is 5.44. The normalized spacial score (nSPS) is 10.7. The number of hydrogen-bond donors (Lipinski definition) is 1. The van der Waals surface area contributed by atoms with Crippen molar-refractivity contribution in [3.05, 3.63) is 89.3 Å². The van der Waals surface area contributed by atoms with E-state index in [1.54, 1.807) is 35.0 Å². The minimum atomic E-state index is -0.390. The lowest BCUT2D eigenvalue weighted by Crippen LogP contribution is -2.11. The fourth-order valence-electron chi connectivity index (χ4n) is 2.98. The first-order valence-corrected chi connectivity index (χ1v) is 9.61. The Hall–Kier alpha value is -4.07. The molecular weight excluding hydrogens is 397 g/mol. The van der Waals surface area contributed by atoms with Crippen LogP contribution < -0.4 is 10.1 Å². The van der Waals surface area contributed by atoms with Gasteiger partial charge in [-0.05, 0) is 74.9 Å². The van der Waals surface area contributed by atoms with Crippen molar-refractivity contribution in [2.75, 3.05) is 5.32 Å². The monoisotopic (exact) mass is 417 g/mol. The van der Waals surface area contributed by atoms with Gasteiger partial charge in [0.2, 0.25) is 5.88 Å². The molecule has 4 aromatic rings. The molecule has 1 N–H and O–H groups in total. The molecule has 0 aliphatic heterocycles. The van der Waals surface area contributed by atoms with Crippen molar-refractivity contribution in [2.24, 2.45) is 0 Å². The van der Waals surface area contributed by atoms with Crippen LogP contribution in [-0.4, -0.2) is 25.7 Å². The zero-order chi connectivity index (χ0) is 22.0. The van der Waals surface area contributed by atoms with Gasteiger partial charge in [-0.2, -0.15) is 5.10 Å². The standard InChI is InChI=1S/C23H20FN5O2/c1-14-15(2)28-29(16(14)3)21-12-22(26-13-25-21)31-20-10-8-19(9-11-20)27-23(30)17-4-6-18(24)7-5-17/h4-13H,1-3H3,(H,27,30). The fourth-order valence-corrected chi connectivity index (χ4v) is 2.98. The molecule has 31 heavy (non-hydrogen) atoms. The van der Waals surface area contributed by atoms with Gasteiger partial charge in [0.15, 0.2) is 5.82 Å². The third-order valence-electron chi connectivity index (χ3n) is 4.94. The summed E-state index contributed by atoms with van der Waals surface area (Å²) in [7, 11) is 0. The summed E-state index contributed by atoms with van der Waals surface area (Å²) >= 11 is 0. The molecule has 0 radical (unpaired) electrons. The number of nitrogens with one attached hydrogen (secondary N) is 1. The molecule has 0 saturated heterocycles. The van der Waals surface area contributed by atoms with E-state index in [0.717, 1.165) is 17.0 Å². The van der Waals surface area contributed by atoms with E-state index in [0.29, 0.717) is 28.7 Å². The van der Waals surface area contributed by atoms with Crippen LogP contribution in [0, 0.1) is 26.6 Å². The Morgan fingerprint density at radius 2 is 1.71 bits per heavy atom. The van der Waals surface area contributed by atoms with Crippen LogP contribution in [0.1, 0.15) is 27.3 Å². The molecule has 0 bridgehead atoms. The molecule has 0 aliphatic carbocycles. The maximum absolute atomic E-state index is 13.0. The first-order chi connectivity index (χ1) is 14.9. The van der Waals surface area contributed by atoms with Crippen molar-refractivity contribution < 1.29 is 13.9 Å². The van der Waals surface area contributed by atoms with E-state index in [9.17, 15) is 9.18 Å². The molecule has 0 atom stereocenters. The third kappa shape index (κ3) is 4.42. The van der Waals surface area contributed by atoms with Crippen LogP contribution in [-0.2, 0) is 0 Å². The van der Waals surface area contributed by atoms with Crippen molar-refractivity contribution >= 4 is 11.6 Å². The summed E-state index contributed by atoms with van der Waals surface area (Å²) in [5.74, 6) is 0.822. The second-order valence-electron chi connectivity index (χ2n) is 7.01. The summed E-state index contributed by atoms with van der Waals surface area (Å²) in [5, 5.41) is 7.27. The minimum Gasteiger partial charge on any atom is -0.439 e. The Bertz CT molecular complexity index is 1230. The first kappa shape index (κ1) is 20.2. The topological polar surface area (TPSA) is 81.9 Å². The Labute approximate surface area is 178 Å². The van der Waals surface area contributed by atoms with Gasteiger partial charge in [-0.25, -0.2) is 19.0 Å². The number of benzene rings is 2. The highest BCUT2D eigenvalue weighted by molar-refractivity contribution is 6.04. The van der Waals surface area contributed by atoms with Crippen LogP contribution in [0.2, 0.25) is 0 Å². The smallest absolute Gasteiger partial charge is 0.255 e. The molecule has 0 aliphatic rings. The molecule has 0 fully saturated rings. The van der Waals surface area contributed by atoms with Gasteiger partial charge in [0.1, 0.15) is 17.9 Å². The van der Waals surface area contributed by atoms with Gasteiger partial charge < -0.3 is 10.1 Å². The summed E-state index contributed by atoms with van der Waals surface area (Å²) < 4.78 is 20.6. The lowest BCUT2D eigenvalue weighted by Gasteiger charge is -2.09. The molecule has 4 rings (SSSR count). The van der Waals surface area contributed by atoms with Crippen molar-refractivity contribution in [1.29, 1.82) is 0 Å². The number of carbonyl (C=O) groups excluding carboxylic acids is 1. The van der Waals surface area contributed by atoms with Crippen LogP contribution in [0.5, 0.6) is 11.6 Å². The summed E-state index contributed by atoms with van der Waals surface area (Å²) in [6, 6.07) is 13.9. The average Bonchev–Trinajstić information content (AvgIpc) is 3.03. The van der Waals surface area contributed by atoms with Crippen LogP contribution in [0.4, 0.5) is 10.1 Å². The van der Waals surface area contributed by atoms with Gasteiger partial charge >= 0.3 is 0 Å². The number of rotatable bonds is 5. The Morgan fingerprint density at radius 1 is 1.00 bits per heavy atom. The summed E-state index contributed by atoms with van der Waals surface area (Å²) in [4.78, 5) is 20.7. The zero-order valence-corrected chi connectivity index (χ0v) is 17.3. The van der Waals surface area contributed by atoms with Crippen LogP contribution >= 0.6 is 0 Å². The predicted octanol–water partition coefficient (Wildman–Crippen LogP) is 4.77. The quantitative estimate of drug-likeness (QED) is 0.506. The number of aryl methyl sites for hydroxylation is 1. The van der Waals surface area contributed by atoms with Crippen LogP contribution in [0.25, 0.3) is 5.82 Å². The van der Waals surface area contributed by atoms with Gasteiger partial charge in [0, 0.05) is 23.0 Å². The SMILES string of the molecule is Cc1nn(-c2cc(Oc3ccc(NC(=O)c4ccc(F)cc4)cc3)ncn2)c(C)c1C. The number of ether oxygens (including phenoxy) is 1. The van der Waals surface area contributed by atoms with Gasteiger partial charge in [0.25, 0.3) is 5.91 Å². The molecule has 2 heterocycles. The Morgan fingerprint density at radius 3 is 2.35 bits per heavy atom. The molecule has 1 amide bonds. The van der Waals surface area contributed by atoms with E-state index >= 15 is 0 Å². The highest BCUT2D eigenvalue weighted by Gasteiger charge is 2.12. The highest BCUT2D eigenvalue weighted by atomic mass is 19.1. The fraction of sp³-hybridized carbons (Fsp3) is 0.130. The maximum Gasteiger partial charge on any atom is 0.255 e. The Balaban J connectivity index is 1.46. The van der Waals surface area contributed by atoms with Gasteiger partial charge in [-0.3, -0.25) is 4.79 Å². The molecule has 156 valence electrons. The molecule has 0 spiro atoms. The largest absolute Gasteiger partial charge is 0.439 e. The number of nitrogens with zero attached hydrogens (tertiary/aromatic N) is 4. The number of anilines is 1. The summed E-state index contributed by atoms with van der Waals surface area (Å²) in [6.45, 7) is 5.95. The molecule has 2 aromatic carbocycles. The van der Waals surface area contributed by atoms with Crippen molar-refractivity contribution in [2.45, 2.75) is 20.8 Å². The van der Waals surface area contributed by atoms with Gasteiger partial charge in [-0.15, -0.1) is 0 Å². The predicted molar refractivity (Wildman–Crippen MR) is 114 cm³/mol. The van der Waals surface area contributed by atoms with E-state index in [1.807, 2.05) is 20.8 Å². The van der Waals surface area contributed by atoms with Crippen LogP contribution in [0.3, 0.4) is 0 Å².